The maximum atomic E-state index is 11.3. The van der Waals surface area contributed by atoms with Gasteiger partial charge in [0.05, 0.1) is 6.42 Å². The zero-order valence-electron chi connectivity index (χ0n) is 9.12. The highest BCUT2D eigenvalue weighted by Crippen LogP contribution is 2.35. The SMILES string of the molecule is CN1[C@H]2CC[C@H]1CC(OC(=O)CCCl)C2. The largest absolute Gasteiger partial charge is 0.462 e. The normalized spacial score (nSPS) is 35.5. The van der Waals surface area contributed by atoms with E-state index >= 15 is 0 Å². The van der Waals surface area contributed by atoms with Gasteiger partial charge in [0.25, 0.3) is 0 Å². The van der Waals surface area contributed by atoms with Crippen LogP contribution in [-0.4, -0.2) is 42.0 Å². The zero-order valence-corrected chi connectivity index (χ0v) is 9.87. The standard InChI is InChI=1S/C11H18ClNO2/c1-13-8-2-3-9(13)7-10(6-8)15-11(14)4-5-12/h8-10H,2-7H2,1H3/t8-,9-/m0/s1. The second-order valence-electron chi connectivity index (χ2n) is 4.57. The second-order valence-corrected chi connectivity index (χ2v) is 4.95. The first-order chi connectivity index (χ1) is 7.20. The number of esters is 1. The van der Waals surface area contributed by atoms with Gasteiger partial charge < -0.3 is 9.64 Å². The van der Waals surface area contributed by atoms with Gasteiger partial charge in [-0.1, -0.05) is 0 Å². The lowest BCUT2D eigenvalue weighted by atomic mass is 10.0. The Morgan fingerprint density at radius 2 is 2.00 bits per heavy atom. The number of ether oxygens (including phenoxy) is 1. The van der Waals surface area contributed by atoms with Crippen molar-refractivity contribution in [3.63, 3.8) is 0 Å². The molecular weight excluding hydrogens is 214 g/mol. The van der Waals surface area contributed by atoms with E-state index < -0.39 is 0 Å². The molecule has 0 spiro atoms. The average Bonchev–Trinajstić information content (AvgIpc) is 2.43. The second kappa shape index (κ2) is 4.71. The van der Waals surface area contributed by atoms with E-state index in [1.165, 1.54) is 12.8 Å². The van der Waals surface area contributed by atoms with Crippen LogP contribution in [0, 0.1) is 0 Å². The number of nitrogens with zero attached hydrogens (tertiary/aromatic N) is 1. The number of carbonyl (C=O) groups is 1. The van der Waals surface area contributed by atoms with Crippen LogP contribution in [0.5, 0.6) is 0 Å². The smallest absolute Gasteiger partial charge is 0.307 e. The van der Waals surface area contributed by atoms with Crippen molar-refractivity contribution in [1.29, 1.82) is 0 Å². The van der Waals surface area contributed by atoms with Crippen LogP contribution < -0.4 is 0 Å². The third-order valence-electron chi connectivity index (χ3n) is 3.65. The summed E-state index contributed by atoms with van der Waals surface area (Å²) in [4.78, 5) is 13.7. The Kier molecular flexibility index (Phi) is 3.52. The van der Waals surface area contributed by atoms with E-state index in [0.717, 1.165) is 12.8 Å². The summed E-state index contributed by atoms with van der Waals surface area (Å²) < 4.78 is 5.41. The van der Waals surface area contributed by atoms with E-state index in [-0.39, 0.29) is 12.1 Å². The van der Waals surface area contributed by atoms with Crippen LogP contribution >= 0.6 is 11.6 Å². The highest BCUT2D eigenvalue weighted by molar-refractivity contribution is 6.18. The summed E-state index contributed by atoms with van der Waals surface area (Å²) in [5.41, 5.74) is 0. The van der Waals surface area contributed by atoms with Crippen LogP contribution in [0.3, 0.4) is 0 Å². The van der Waals surface area contributed by atoms with Crippen LogP contribution in [0.1, 0.15) is 32.1 Å². The number of alkyl halides is 1. The third kappa shape index (κ3) is 2.45. The highest BCUT2D eigenvalue weighted by Gasteiger charge is 2.39. The summed E-state index contributed by atoms with van der Waals surface area (Å²) >= 11 is 5.50. The zero-order chi connectivity index (χ0) is 10.8. The monoisotopic (exact) mass is 231 g/mol. The molecule has 0 N–H and O–H groups in total. The molecule has 2 fully saturated rings. The number of hydrogen-bond acceptors (Lipinski definition) is 3. The topological polar surface area (TPSA) is 29.5 Å². The summed E-state index contributed by atoms with van der Waals surface area (Å²) in [6.45, 7) is 0. The van der Waals surface area contributed by atoms with Crippen molar-refractivity contribution in [2.45, 2.75) is 50.3 Å². The number of hydrogen-bond donors (Lipinski definition) is 0. The Morgan fingerprint density at radius 1 is 1.40 bits per heavy atom. The van der Waals surface area contributed by atoms with E-state index in [2.05, 4.69) is 11.9 Å². The lowest BCUT2D eigenvalue weighted by Gasteiger charge is -2.35. The lowest BCUT2D eigenvalue weighted by Crippen LogP contribution is -2.43. The summed E-state index contributed by atoms with van der Waals surface area (Å²) in [5.74, 6) is 0.220. The van der Waals surface area contributed by atoms with E-state index in [0.29, 0.717) is 24.4 Å². The molecule has 2 aliphatic rings. The molecule has 2 heterocycles. The van der Waals surface area contributed by atoms with Gasteiger partial charge in [0.2, 0.25) is 0 Å². The number of halogens is 1. The van der Waals surface area contributed by atoms with Crippen molar-refractivity contribution >= 4 is 17.6 Å². The third-order valence-corrected chi connectivity index (χ3v) is 3.84. The van der Waals surface area contributed by atoms with Gasteiger partial charge in [-0.25, -0.2) is 0 Å². The number of fused-ring (bicyclic) bond motifs is 2. The van der Waals surface area contributed by atoms with Gasteiger partial charge in [-0.05, 0) is 32.7 Å². The van der Waals surface area contributed by atoms with Gasteiger partial charge in [0.1, 0.15) is 6.10 Å². The minimum atomic E-state index is -0.140. The van der Waals surface area contributed by atoms with Gasteiger partial charge >= 0.3 is 5.97 Å². The van der Waals surface area contributed by atoms with E-state index in [9.17, 15) is 4.79 Å². The van der Waals surface area contributed by atoms with E-state index in [4.69, 9.17) is 16.3 Å². The molecule has 0 aromatic carbocycles. The Hall–Kier alpha value is -0.280. The van der Waals surface area contributed by atoms with Gasteiger partial charge in [-0.3, -0.25) is 4.79 Å². The number of rotatable bonds is 3. The molecule has 4 heteroatoms. The molecule has 2 atom stereocenters. The van der Waals surface area contributed by atoms with Crippen molar-refractivity contribution < 1.29 is 9.53 Å². The molecule has 0 aromatic heterocycles. The summed E-state index contributed by atoms with van der Waals surface area (Å²) in [6.07, 6.45) is 4.98. The number of piperidine rings is 1. The first-order valence-electron chi connectivity index (χ1n) is 5.68. The van der Waals surface area contributed by atoms with Crippen LogP contribution in [0.2, 0.25) is 0 Å². The molecule has 0 aliphatic carbocycles. The quantitative estimate of drug-likeness (QED) is 0.548. The first-order valence-corrected chi connectivity index (χ1v) is 6.21. The molecule has 2 bridgehead atoms. The van der Waals surface area contributed by atoms with Crippen molar-refractivity contribution in [3.05, 3.63) is 0 Å². The van der Waals surface area contributed by atoms with Crippen molar-refractivity contribution in [3.8, 4) is 0 Å². The fourth-order valence-electron chi connectivity index (χ4n) is 2.78. The molecule has 0 radical (unpaired) electrons. The molecule has 0 amide bonds. The maximum absolute atomic E-state index is 11.3. The van der Waals surface area contributed by atoms with Gasteiger partial charge in [0, 0.05) is 18.0 Å². The minimum Gasteiger partial charge on any atom is -0.462 e. The molecule has 0 saturated carbocycles. The van der Waals surface area contributed by atoms with Crippen molar-refractivity contribution in [1.82, 2.24) is 4.90 Å². The highest BCUT2D eigenvalue weighted by atomic mass is 35.5. The Bertz CT molecular complexity index is 233. The van der Waals surface area contributed by atoms with Crippen LogP contribution in [0.4, 0.5) is 0 Å². The van der Waals surface area contributed by atoms with E-state index in [1.54, 1.807) is 0 Å². The molecule has 2 aliphatic heterocycles. The Balaban J connectivity index is 1.84. The Morgan fingerprint density at radius 3 is 2.53 bits per heavy atom. The number of carbonyl (C=O) groups excluding carboxylic acids is 1. The van der Waals surface area contributed by atoms with Crippen LogP contribution in [0.15, 0.2) is 0 Å². The lowest BCUT2D eigenvalue weighted by molar-refractivity contribution is -0.151. The van der Waals surface area contributed by atoms with Crippen LogP contribution in [-0.2, 0) is 9.53 Å². The van der Waals surface area contributed by atoms with Crippen molar-refractivity contribution in [2.75, 3.05) is 12.9 Å². The van der Waals surface area contributed by atoms with E-state index in [1.807, 2.05) is 0 Å². The summed E-state index contributed by atoms with van der Waals surface area (Å²) in [7, 11) is 2.18. The molecule has 86 valence electrons. The molecule has 2 saturated heterocycles. The van der Waals surface area contributed by atoms with Gasteiger partial charge in [-0.2, -0.15) is 0 Å². The Labute approximate surface area is 95.7 Å². The summed E-state index contributed by atoms with van der Waals surface area (Å²) in [5, 5.41) is 0. The summed E-state index contributed by atoms with van der Waals surface area (Å²) in [6, 6.07) is 1.25. The van der Waals surface area contributed by atoms with Gasteiger partial charge in [-0.15, -0.1) is 11.6 Å². The maximum Gasteiger partial charge on any atom is 0.307 e. The molecule has 15 heavy (non-hydrogen) atoms. The van der Waals surface area contributed by atoms with Gasteiger partial charge in [0.15, 0.2) is 0 Å². The molecule has 3 nitrogen and oxygen atoms in total. The molecule has 0 aromatic rings. The van der Waals surface area contributed by atoms with Crippen LogP contribution in [0.25, 0.3) is 0 Å². The minimum absolute atomic E-state index is 0.134. The predicted octanol–water partition coefficient (Wildman–Crippen LogP) is 1.78. The molecule has 2 rings (SSSR count). The predicted molar refractivity (Wildman–Crippen MR) is 59.0 cm³/mol. The average molecular weight is 232 g/mol. The fourth-order valence-corrected chi connectivity index (χ4v) is 2.93. The fraction of sp³-hybridized carbons (Fsp3) is 0.909. The molecule has 0 unspecified atom stereocenters. The molecular formula is C11H18ClNO2. The first kappa shape index (κ1) is 11.2. The van der Waals surface area contributed by atoms with Crippen molar-refractivity contribution in [2.24, 2.45) is 0 Å².